The average Bonchev–Trinajstić information content (AvgIpc) is 2.17. The highest BCUT2D eigenvalue weighted by Crippen LogP contribution is 2.18. The van der Waals surface area contributed by atoms with Crippen LogP contribution in [0.25, 0.3) is 0 Å². The van der Waals surface area contributed by atoms with Gasteiger partial charge in [-0.1, -0.05) is 25.7 Å². The van der Waals surface area contributed by atoms with Crippen molar-refractivity contribution in [1.29, 1.82) is 0 Å². The van der Waals surface area contributed by atoms with Crippen molar-refractivity contribution < 1.29 is 5.11 Å². The van der Waals surface area contributed by atoms with E-state index in [0.29, 0.717) is 0 Å². The first-order chi connectivity index (χ1) is 6.27. The van der Waals surface area contributed by atoms with Gasteiger partial charge in [-0.2, -0.15) is 0 Å². The highest BCUT2D eigenvalue weighted by atomic mass is 16.3. The first-order valence-corrected chi connectivity index (χ1v) is 5.18. The van der Waals surface area contributed by atoms with Gasteiger partial charge in [-0.3, -0.25) is 5.32 Å². The van der Waals surface area contributed by atoms with Gasteiger partial charge in [0.05, 0.1) is 12.1 Å². The summed E-state index contributed by atoms with van der Waals surface area (Å²) < 4.78 is 0. The maximum absolute atomic E-state index is 9.68. The number of nitrogens with one attached hydrogen (secondary N) is 1. The fourth-order valence-corrected chi connectivity index (χ4v) is 1.85. The Labute approximate surface area is 80.7 Å². The van der Waals surface area contributed by atoms with E-state index >= 15 is 0 Å². The number of aliphatic hydroxyl groups is 1. The molecule has 0 heterocycles. The normalized spacial score (nSPS) is 30.8. The standard InChI is InChI=1S/C11H19NO/c1-3-9(4-2)12-10-7-5-6-8-11(10)13/h1,9-13H,4-8H2,2H3/t9?,10-,11-/m1/s1. The quantitative estimate of drug-likeness (QED) is 0.643. The first kappa shape index (κ1) is 10.6. The minimum Gasteiger partial charge on any atom is -0.392 e. The molecular formula is C11H19NO. The summed E-state index contributed by atoms with van der Waals surface area (Å²) >= 11 is 0. The van der Waals surface area contributed by atoms with Crippen molar-refractivity contribution >= 4 is 0 Å². The minimum atomic E-state index is -0.198. The lowest BCUT2D eigenvalue weighted by atomic mass is 9.92. The second-order valence-electron chi connectivity index (χ2n) is 3.75. The highest BCUT2D eigenvalue weighted by molar-refractivity contribution is 5.00. The van der Waals surface area contributed by atoms with Gasteiger partial charge in [-0.15, -0.1) is 6.42 Å². The summed E-state index contributed by atoms with van der Waals surface area (Å²) in [4.78, 5) is 0. The summed E-state index contributed by atoms with van der Waals surface area (Å²) in [6.45, 7) is 2.06. The van der Waals surface area contributed by atoms with Crippen molar-refractivity contribution in [2.45, 2.75) is 57.2 Å². The number of aliphatic hydroxyl groups excluding tert-OH is 1. The Balaban J connectivity index is 2.37. The molecule has 2 nitrogen and oxygen atoms in total. The highest BCUT2D eigenvalue weighted by Gasteiger charge is 2.23. The summed E-state index contributed by atoms with van der Waals surface area (Å²) in [5, 5.41) is 13.0. The van der Waals surface area contributed by atoms with E-state index in [1.165, 1.54) is 6.42 Å². The topological polar surface area (TPSA) is 32.3 Å². The SMILES string of the molecule is C#CC(CC)N[C@@H]1CCCC[C@H]1O. The van der Waals surface area contributed by atoms with Crippen LogP contribution < -0.4 is 5.32 Å². The van der Waals surface area contributed by atoms with Crippen LogP contribution in [0.5, 0.6) is 0 Å². The Hall–Kier alpha value is -0.520. The zero-order valence-corrected chi connectivity index (χ0v) is 8.29. The van der Waals surface area contributed by atoms with Gasteiger partial charge in [0.15, 0.2) is 0 Å². The van der Waals surface area contributed by atoms with Crippen LogP contribution in [0, 0.1) is 12.3 Å². The van der Waals surface area contributed by atoms with Gasteiger partial charge in [0.25, 0.3) is 0 Å². The van der Waals surface area contributed by atoms with Crippen molar-refractivity contribution in [3.05, 3.63) is 0 Å². The Morgan fingerprint density at radius 2 is 2.23 bits per heavy atom. The summed E-state index contributed by atoms with van der Waals surface area (Å²) in [5.41, 5.74) is 0. The van der Waals surface area contributed by atoms with E-state index in [-0.39, 0.29) is 18.2 Å². The molecule has 1 rings (SSSR count). The Kier molecular flexibility index (Phi) is 4.27. The largest absolute Gasteiger partial charge is 0.392 e. The van der Waals surface area contributed by atoms with Crippen LogP contribution in [0.3, 0.4) is 0 Å². The van der Waals surface area contributed by atoms with Gasteiger partial charge in [-0.05, 0) is 19.3 Å². The monoisotopic (exact) mass is 181 g/mol. The molecular weight excluding hydrogens is 162 g/mol. The molecule has 0 spiro atoms. The van der Waals surface area contributed by atoms with Crippen LogP contribution >= 0.6 is 0 Å². The van der Waals surface area contributed by atoms with Crippen molar-refractivity contribution in [2.24, 2.45) is 0 Å². The van der Waals surface area contributed by atoms with E-state index < -0.39 is 0 Å². The van der Waals surface area contributed by atoms with E-state index in [4.69, 9.17) is 6.42 Å². The molecule has 0 amide bonds. The number of terminal acetylenes is 1. The Morgan fingerprint density at radius 3 is 2.77 bits per heavy atom. The predicted molar refractivity (Wildman–Crippen MR) is 54.3 cm³/mol. The van der Waals surface area contributed by atoms with Gasteiger partial charge in [0.2, 0.25) is 0 Å². The fraction of sp³-hybridized carbons (Fsp3) is 0.818. The van der Waals surface area contributed by atoms with E-state index in [1.807, 2.05) is 0 Å². The molecule has 13 heavy (non-hydrogen) atoms. The smallest absolute Gasteiger partial charge is 0.0693 e. The zero-order chi connectivity index (χ0) is 9.68. The third-order valence-corrected chi connectivity index (χ3v) is 2.75. The summed E-state index contributed by atoms with van der Waals surface area (Å²) in [7, 11) is 0. The second-order valence-corrected chi connectivity index (χ2v) is 3.75. The van der Waals surface area contributed by atoms with E-state index in [2.05, 4.69) is 18.2 Å². The number of hydrogen-bond acceptors (Lipinski definition) is 2. The van der Waals surface area contributed by atoms with Gasteiger partial charge in [0, 0.05) is 6.04 Å². The third-order valence-electron chi connectivity index (χ3n) is 2.75. The van der Waals surface area contributed by atoms with Crippen LogP contribution in [-0.2, 0) is 0 Å². The average molecular weight is 181 g/mol. The summed E-state index contributed by atoms with van der Waals surface area (Å²) in [6.07, 6.45) is 10.4. The molecule has 0 aromatic rings. The molecule has 0 radical (unpaired) electrons. The van der Waals surface area contributed by atoms with Crippen molar-refractivity contribution in [3.63, 3.8) is 0 Å². The van der Waals surface area contributed by atoms with Gasteiger partial charge < -0.3 is 5.11 Å². The second kappa shape index (κ2) is 5.26. The third kappa shape index (κ3) is 3.02. The van der Waals surface area contributed by atoms with E-state index in [9.17, 15) is 5.11 Å². The minimum absolute atomic E-state index is 0.123. The van der Waals surface area contributed by atoms with Crippen LogP contribution in [0.2, 0.25) is 0 Å². The van der Waals surface area contributed by atoms with Crippen LogP contribution in [0.1, 0.15) is 39.0 Å². The van der Waals surface area contributed by atoms with Crippen LogP contribution in [0.4, 0.5) is 0 Å². The number of rotatable bonds is 3. The molecule has 0 aromatic carbocycles. The van der Waals surface area contributed by atoms with Gasteiger partial charge >= 0.3 is 0 Å². The lowest BCUT2D eigenvalue weighted by Crippen LogP contribution is -2.46. The zero-order valence-electron chi connectivity index (χ0n) is 8.29. The molecule has 1 aliphatic carbocycles. The maximum Gasteiger partial charge on any atom is 0.0693 e. The molecule has 1 saturated carbocycles. The first-order valence-electron chi connectivity index (χ1n) is 5.18. The Morgan fingerprint density at radius 1 is 1.54 bits per heavy atom. The molecule has 2 N–H and O–H groups in total. The van der Waals surface area contributed by atoms with Crippen molar-refractivity contribution in [3.8, 4) is 12.3 Å². The Bertz CT molecular complexity index is 185. The summed E-state index contributed by atoms with van der Waals surface area (Å²) in [6, 6.07) is 0.340. The molecule has 0 saturated heterocycles. The lowest BCUT2D eigenvalue weighted by Gasteiger charge is -2.30. The molecule has 0 aromatic heterocycles. The van der Waals surface area contributed by atoms with Crippen molar-refractivity contribution in [2.75, 3.05) is 0 Å². The lowest BCUT2D eigenvalue weighted by molar-refractivity contribution is 0.0879. The summed E-state index contributed by atoms with van der Waals surface area (Å²) in [5.74, 6) is 2.70. The molecule has 0 aliphatic heterocycles. The molecule has 2 heteroatoms. The van der Waals surface area contributed by atoms with Gasteiger partial charge in [0.1, 0.15) is 0 Å². The predicted octanol–water partition coefficient (Wildman–Crippen LogP) is 1.29. The van der Waals surface area contributed by atoms with Crippen LogP contribution in [-0.4, -0.2) is 23.3 Å². The van der Waals surface area contributed by atoms with E-state index in [1.54, 1.807) is 0 Å². The van der Waals surface area contributed by atoms with Gasteiger partial charge in [-0.25, -0.2) is 0 Å². The molecule has 0 bridgehead atoms. The molecule has 1 unspecified atom stereocenters. The molecule has 3 atom stereocenters. The number of hydrogen-bond donors (Lipinski definition) is 2. The molecule has 1 aliphatic rings. The van der Waals surface area contributed by atoms with Crippen molar-refractivity contribution in [1.82, 2.24) is 5.32 Å². The van der Waals surface area contributed by atoms with E-state index in [0.717, 1.165) is 25.7 Å². The fourth-order valence-electron chi connectivity index (χ4n) is 1.85. The molecule has 1 fully saturated rings. The molecule has 74 valence electrons. The van der Waals surface area contributed by atoms with Crippen LogP contribution in [0.15, 0.2) is 0 Å². The maximum atomic E-state index is 9.68.